The molecule has 0 unspecified atom stereocenters. The molecule has 0 aliphatic heterocycles. The predicted octanol–water partition coefficient (Wildman–Crippen LogP) is 4.02. The number of halogens is 1. The second kappa shape index (κ2) is 9.05. The highest BCUT2D eigenvalue weighted by molar-refractivity contribution is 7.89. The van der Waals surface area contributed by atoms with Gasteiger partial charge in [-0.2, -0.15) is 5.10 Å². The third kappa shape index (κ3) is 5.03. The lowest BCUT2D eigenvalue weighted by Gasteiger charge is -2.13. The highest BCUT2D eigenvalue weighted by Crippen LogP contribution is 2.25. The van der Waals surface area contributed by atoms with E-state index in [2.05, 4.69) is 15.1 Å². The Hall–Kier alpha value is -2.68. The summed E-state index contributed by atoms with van der Waals surface area (Å²) in [7, 11) is -3.49. The molecule has 0 bridgehead atoms. The molecule has 1 saturated carbocycles. The van der Waals surface area contributed by atoms with E-state index in [-0.39, 0.29) is 29.3 Å². The van der Waals surface area contributed by atoms with Crippen molar-refractivity contribution in [3.05, 3.63) is 76.6 Å². The zero-order chi connectivity index (χ0) is 22.9. The van der Waals surface area contributed by atoms with Crippen molar-refractivity contribution in [2.24, 2.45) is 0 Å². The van der Waals surface area contributed by atoms with Gasteiger partial charge in [0.05, 0.1) is 28.0 Å². The summed E-state index contributed by atoms with van der Waals surface area (Å²) < 4.78 is 29.0. The summed E-state index contributed by atoms with van der Waals surface area (Å²) in [5.41, 5.74) is 2.87. The zero-order valence-corrected chi connectivity index (χ0v) is 19.4. The van der Waals surface area contributed by atoms with E-state index in [1.165, 1.54) is 0 Å². The van der Waals surface area contributed by atoms with Gasteiger partial charge in [0.25, 0.3) is 5.91 Å². The quantitative estimate of drug-likeness (QED) is 0.517. The van der Waals surface area contributed by atoms with Gasteiger partial charge in [-0.05, 0) is 54.7 Å². The molecule has 0 atom stereocenters. The third-order valence-corrected chi connectivity index (χ3v) is 7.01. The number of sulfonamides is 1. The van der Waals surface area contributed by atoms with Gasteiger partial charge in [-0.25, -0.2) is 17.8 Å². The fraction of sp³-hybridized carbons (Fsp3) is 0.304. The number of hydrogen-bond acceptors (Lipinski definition) is 4. The van der Waals surface area contributed by atoms with Crippen molar-refractivity contribution in [2.75, 3.05) is 0 Å². The van der Waals surface area contributed by atoms with Crippen molar-refractivity contribution in [3.8, 4) is 5.69 Å². The van der Waals surface area contributed by atoms with Crippen molar-refractivity contribution in [1.82, 2.24) is 19.8 Å². The van der Waals surface area contributed by atoms with Crippen molar-refractivity contribution in [3.63, 3.8) is 0 Å². The molecule has 1 aromatic heterocycles. The molecule has 0 spiro atoms. The van der Waals surface area contributed by atoms with E-state index in [4.69, 9.17) is 11.6 Å². The lowest BCUT2D eigenvalue weighted by molar-refractivity contribution is 0.0949. The van der Waals surface area contributed by atoms with Gasteiger partial charge in [0.2, 0.25) is 10.0 Å². The molecule has 9 heteroatoms. The normalized spacial score (nSPS) is 14.0. The minimum Gasteiger partial charge on any atom is -0.348 e. The molecule has 1 aliphatic carbocycles. The molecule has 0 saturated heterocycles. The first-order chi connectivity index (χ1) is 15.2. The highest BCUT2D eigenvalue weighted by Gasteiger charge is 2.28. The summed E-state index contributed by atoms with van der Waals surface area (Å²) in [6.07, 6.45) is 3.33. The molecule has 3 aromatic rings. The topological polar surface area (TPSA) is 93.1 Å². The van der Waals surface area contributed by atoms with E-state index >= 15 is 0 Å². The fourth-order valence-corrected chi connectivity index (χ4v) is 4.94. The summed E-state index contributed by atoms with van der Waals surface area (Å²) in [6.45, 7) is 4.28. The fourth-order valence-electron chi connectivity index (χ4n) is 3.45. The van der Waals surface area contributed by atoms with E-state index in [0.29, 0.717) is 10.6 Å². The Labute approximate surface area is 192 Å². The average Bonchev–Trinajstić information content (AvgIpc) is 3.44. The molecule has 1 heterocycles. The van der Waals surface area contributed by atoms with Crippen molar-refractivity contribution in [2.45, 2.75) is 50.1 Å². The van der Waals surface area contributed by atoms with E-state index in [1.807, 2.05) is 26.0 Å². The Morgan fingerprint density at radius 2 is 1.91 bits per heavy atom. The molecule has 1 fully saturated rings. The van der Waals surface area contributed by atoms with Gasteiger partial charge in [-0.1, -0.05) is 43.6 Å². The van der Waals surface area contributed by atoms with Crippen LogP contribution in [-0.4, -0.2) is 30.1 Å². The highest BCUT2D eigenvalue weighted by atomic mass is 35.5. The molecule has 168 valence electrons. The number of hydrogen-bond donors (Lipinski definition) is 2. The SMILES string of the molecule is CC(C)c1c(C(=O)NCc2ccc(S(=O)(=O)NC3CC3)cc2)cnn1-c1cccc(Cl)c1. The summed E-state index contributed by atoms with van der Waals surface area (Å²) in [5, 5.41) is 7.91. The van der Waals surface area contributed by atoms with E-state index in [1.54, 1.807) is 47.3 Å². The molecule has 32 heavy (non-hydrogen) atoms. The van der Waals surface area contributed by atoms with Gasteiger partial charge in [-0.3, -0.25) is 4.79 Å². The number of amides is 1. The molecule has 2 N–H and O–H groups in total. The standard InChI is InChI=1S/C23H25ClN4O3S/c1-15(2)22-21(14-26-28(22)19-5-3-4-17(24)12-19)23(29)25-13-16-6-10-20(11-7-16)32(30,31)27-18-8-9-18/h3-7,10-12,14-15,18,27H,8-9,13H2,1-2H3,(H,25,29). The first-order valence-corrected chi connectivity index (χ1v) is 12.3. The van der Waals surface area contributed by atoms with Gasteiger partial charge in [-0.15, -0.1) is 0 Å². The monoisotopic (exact) mass is 472 g/mol. The van der Waals surface area contributed by atoms with Gasteiger partial charge in [0.1, 0.15) is 0 Å². The maximum absolute atomic E-state index is 12.9. The number of aromatic nitrogens is 2. The largest absolute Gasteiger partial charge is 0.348 e. The summed E-state index contributed by atoms with van der Waals surface area (Å²) in [5.74, 6) is -0.185. The van der Waals surface area contributed by atoms with Gasteiger partial charge < -0.3 is 5.32 Å². The van der Waals surface area contributed by atoms with Crippen molar-refractivity contribution >= 4 is 27.5 Å². The maximum Gasteiger partial charge on any atom is 0.255 e. The minimum atomic E-state index is -3.49. The van der Waals surface area contributed by atoms with Crippen LogP contribution in [0.5, 0.6) is 0 Å². The van der Waals surface area contributed by atoms with Gasteiger partial charge >= 0.3 is 0 Å². The number of carbonyl (C=O) groups excluding carboxylic acids is 1. The Morgan fingerprint density at radius 1 is 1.19 bits per heavy atom. The maximum atomic E-state index is 12.9. The number of rotatable bonds is 8. The predicted molar refractivity (Wildman–Crippen MR) is 124 cm³/mol. The van der Waals surface area contributed by atoms with Crippen LogP contribution in [0.3, 0.4) is 0 Å². The van der Waals surface area contributed by atoms with Crippen LogP contribution in [0.25, 0.3) is 5.69 Å². The Morgan fingerprint density at radius 3 is 2.53 bits per heavy atom. The summed E-state index contributed by atoms with van der Waals surface area (Å²) in [4.78, 5) is 13.1. The van der Waals surface area contributed by atoms with Gasteiger partial charge in [0, 0.05) is 17.6 Å². The first kappa shape index (κ1) is 22.5. The van der Waals surface area contributed by atoms with Crippen LogP contribution in [0.1, 0.15) is 54.2 Å². The number of nitrogens with zero attached hydrogens (tertiary/aromatic N) is 2. The lowest BCUT2D eigenvalue weighted by atomic mass is 10.0. The van der Waals surface area contributed by atoms with Crippen molar-refractivity contribution in [1.29, 1.82) is 0 Å². The molecule has 4 rings (SSSR count). The van der Waals surface area contributed by atoms with Crippen LogP contribution < -0.4 is 10.0 Å². The summed E-state index contributed by atoms with van der Waals surface area (Å²) >= 11 is 6.12. The number of nitrogens with one attached hydrogen (secondary N) is 2. The first-order valence-electron chi connectivity index (χ1n) is 10.5. The molecular formula is C23H25ClN4O3S. The molecule has 0 radical (unpaired) electrons. The summed E-state index contributed by atoms with van der Waals surface area (Å²) in [6, 6.07) is 13.9. The van der Waals surface area contributed by atoms with Crippen LogP contribution in [0, 0.1) is 0 Å². The Balaban J connectivity index is 1.47. The molecular weight excluding hydrogens is 448 g/mol. The van der Waals surface area contributed by atoms with Crippen molar-refractivity contribution < 1.29 is 13.2 Å². The third-order valence-electron chi connectivity index (χ3n) is 5.24. The smallest absolute Gasteiger partial charge is 0.255 e. The Bertz CT molecular complexity index is 1230. The average molecular weight is 473 g/mol. The van der Waals surface area contributed by atoms with Gasteiger partial charge in [0.15, 0.2) is 0 Å². The zero-order valence-electron chi connectivity index (χ0n) is 17.9. The van der Waals surface area contributed by atoms with E-state index in [9.17, 15) is 13.2 Å². The number of benzene rings is 2. The second-order valence-corrected chi connectivity index (χ2v) is 10.4. The lowest BCUT2D eigenvalue weighted by Crippen LogP contribution is -2.26. The van der Waals surface area contributed by atoms with Crippen LogP contribution in [-0.2, 0) is 16.6 Å². The second-order valence-electron chi connectivity index (χ2n) is 8.21. The molecule has 2 aromatic carbocycles. The molecule has 1 aliphatic rings. The van der Waals surface area contributed by atoms with Crippen LogP contribution in [0.4, 0.5) is 0 Å². The Kier molecular flexibility index (Phi) is 6.37. The minimum absolute atomic E-state index is 0.0562. The molecule has 7 nitrogen and oxygen atoms in total. The van der Waals surface area contributed by atoms with Crippen LogP contribution in [0.2, 0.25) is 5.02 Å². The van der Waals surface area contributed by atoms with Crippen LogP contribution in [0.15, 0.2) is 59.6 Å². The van der Waals surface area contributed by atoms with E-state index < -0.39 is 10.0 Å². The van der Waals surface area contributed by atoms with E-state index in [0.717, 1.165) is 29.8 Å². The van der Waals surface area contributed by atoms with Crippen LogP contribution >= 0.6 is 11.6 Å². The number of carbonyl (C=O) groups is 1. The molecule has 1 amide bonds.